The Hall–Kier alpha value is -3.03. The third kappa shape index (κ3) is 5.22. The van der Waals surface area contributed by atoms with E-state index in [4.69, 9.17) is 5.11 Å². The molecule has 0 saturated carbocycles. The minimum absolute atomic E-state index is 0.0963. The van der Waals surface area contributed by atoms with Crippen LogP contribution in [0.5, 0.6) is 0 Å². The molecule has 1 aromatic rings. The van der Waals surface area contributed by atoms with E-state index < -0.39 is 16.8 Å². The van der Waals surface area contributed by atoms with Gasteiger partial charge in [-0.15, -0.1) is 0 Å². The molecule has 0 bridgehead atoms. The highest BCUT2D eigenvalue weighted by Gasteiger charge is 2.03. The van der Waals surface area contributed by atoms with Gasteiger partial charge in [0.2, 0.25) is 0 Å². The van der Waals surface area contributed by atoms with E-state index in [2.05, 4.69) is 5.10 Å². The van der Waals surface area contributed by atoms with Gasteiger partial charge in [-0.05, 0) is 0 Å². The zero-order valence-corrected chi connectivity index (χ0v) is 9.52. The second-order valence-electron chi connectivity index (χ2n) is 3.26. The number of hydrazone groups is 1. The van der Waals surface area contributed by atoms with Crippen molar-refractivity contribution in [2.75, 3.05) is 0 Å². The molecule has 0 aromatic heterocycles. The van der Waals surface area contributed by atoms with Crippen molar-refractivity contribution in [3.05, 3.63) is 52.1 Å². The molecule has 1 aromatic carbocycles. The van der Waals surface area contributed by atoms with Gasteiger partial charge in [0.05, 0.1) is 11.1 Å². The van der Waals surface area contributed by atoms with Crippen LogP contribution >= 0.6 is 0 Å². The van der Waals surface area contributed by atoms with Crippen molar-refractivity contribution in [2.45, 2.75) is 0 Å². The molecule has 8 nitrogen and oxygen atoms in total. The molecule has 0 spiro atoms. The van der Waals surface area contributed by atoms with Gasteiger partial charge in [0.1, 0.15) is 0 Å². The highest BCUT2D eigenvalue weighted by Crippen LogP contribution is 2.11. The summed E-state index contributed by atoms with van der Waals surface area (Å²) in [5, 5.41) is 22.3. The predicted octanol–water partition coefficient (Wildman–Crippen LogP) is 0.686. The lowest BCUT2D eigenvalue weighted by atomic mass is 10.2. The summed E-state index contributed by atoms with van der Waals surface area (Å²) in [5.74, 6) is -1.97. The summed E-state index contributed by atoms with van der Waals surface area (Å²) in [6.07, 6.45) is 2.67. The first-order valence-electron chi connectivity index (χ1n) is 4.97. The lowest BCUT2D eigenvalue weighted by Gasteiger charge is -1.94. The van der Waals surface area contributed by atoms with Crippen LogP contribution in [0.2, 0.25) is 0 Å². The summed E-state index contributed by atoms with van der Waals surface area (Å²) in [4.78, 5) is 31.1. The fourth-order valence-electron chi connectivity index (χ4n) is 1.07. The Balaban J connectivity index is 2.62. The average molecular weight is 263 g/mol. The quantitative estimate of drug-likeness (QED) is 0.350. The molecular weight excluding hydrogens is 254 g/mol. The van der Waals surface area contributed by atoms with Crippen molar-refractivity contribution in [2.24, 2.45) is 5.10 Å². The fourth-order valence-corrected chi connectivity index (χ4v) is 1.07. The third-order valence-electron chi connectivity index (χ3n) is 1.85. The molecule has 2 N–H and O–H groups in total. The lowest BCUT2D eigenvalue weighted by Crippen LogP contribution is -2.14. The van der Waals surface area contributed by atoms with Crippen molar-refractivity contribution in [3.63, 3.8) is 0 Å². The summed E-state index contributed by atoms with van der Waals surface area (Å²) in [6, 6.07) is 5.65. The Morgan fingerprint density at radius 2 is 2.11 bits per heavy atom. The smallest absolute Gasteiger partial charge is 0.328 e. The number of carboxylic acids is 1. The largest absolute Gasteiger partial charge is 0.478 e. The van der Waals surface area contributed by atoms with E-state index in [0.29, 0.717) is 11.6 Å². The van der Waals surface area contributed by atoms with Gasteiger partial charge in [-0.25, -0.2) is 10.2 Å². The SMILES string of the molecule is O=C(O)/C=C\C(=O)N/N=C/c1cccc([N+](=O)[O-])c1. The zero-order valence-electron chi connectivity index (χ0n) is 9.52. The van der Waals surface area contributed by atoms with Crippen LogP contribution in [0.4, 0.5) is 5.69 Å². The number of carbonyl (C=O) groups excluding carboxylic acids is 1. The highest BCUT2D eigenvalue weighted by atomic mass is 16.6. The van der Waals surface area contributed by atoms with Gasteiger partial charge in [-0.1, -0.05) is 12.1 Å². The molecule has 0 atom stereocenters. The number of carbonyl (C=O) groups is 2. The van der Waals surface area contributed by atoms with Crippen LogP contribution in [-0.2, 0) is 9.59 Å². The summed E-state index contributed by atoms with van der Waals surface area (Å²) in [6.45, 7) is 0. The third-order valence-corrected chi connectivity index (χ3v) is 1.85. The number of non-ortho nitro benzene ring substituents is 1. The molecule has 0 aliphatic heterocycles. The Bertz CT molecular complexity index is 565. The highest BCUT2D eigenvalue weighted by molar-refractivity contribution is 5.94. The summed E-state index contributed by atoms with van der Waals surface area (Å²) in [5.41, 5.74) is 2.38. The maximum absolute atomic E-state index is 11.0. The van der Waals surface area contributed by atoms with E-state index in [0.717, 1.165) is 6.08 Å². The maximum atomic E-state index is 11.0. The van der Waals surface area contributed by atoms with E-state index >= 15 is 0 Å². The van der Waals surface area contributed by atoms with Gasteiger partial charge in [-0.2, -0.15) is 5.10 Å². The Labute approximate surface area is 107 Å². The number of nitrogens with one attached hydrogen (secondary N) is 1. The molecule has 0 saturated heterocycles. The van der Waals surface area contributed by atoms with E-state index in [-0.39, 0.29) is 5.69 Å². The van der Waals surface area contributed by atoms with Gasteiger partial charge >= 0.3 is 5.97 Å². The molecule has 0 fully saturated rings. The summed E-state index contributed by atoms with van der Waals surface area (Å²) < 4.78 is 0. The van der Waals surface area contributed by atoms with Crippen LogP contribution in [0.15, 0.2) is 41.5 Å². The minimum atomic E-state index is -1.25. The molecule has 0 heterocycles. The fraction of sp³-hybridized carbons (Fsp3) is 0. The lowest BCUT2D eigenvalue weighted by molar-refractivity contribution is -0.384. The van der Waals surface area contributed by atoms with Crippen molar-refractivity contribution in [1.82, 2.24) is 5.43 Å². The number of nitro benzene ring substituents is 1. The Kier molecular flexibility index (Phi) is 4.91. The van der Waals surface area contributed by atoms with E-state index in [1.165, 1.54) is 24.4 Å². The number of amides is 1. The van der Waals surface area contributed by atoms with Gasteiger partial charge in [-0.3, -0.25) is 14.9 Å². The number of benzene rings is 1. The molecule has 0 aliphatic rings. The first-order chi connectivity index (χ1) is 8.99. The maximum Gasteiger partial charge on any atom is 0.328 e. The number of nitro groups is 1. The summed E-state index contributed by atoms with van der Waals surface area (Å²) in [7, 11) is 0. The predicted molar refractivity (Wildman–Crippen MR) is 65.6 cm³/mol. The van der Waals surface area contributed by atoms with Crippen LogP contribution in [0.3, 0.4) is 0 Å². The van der Waals surface area contributed by atoms with E-state index in [1.807, 2.05) is 5.43 Å². The second kappa shape index (κ2) is 6.64. The molecule has 0 aliphatic carbocycles. The number of rotatable bonds is 5. The zero-order chi connectivity index (χ0) is 14.3. The van der Waals surface area contributed by atoms with Crippen LogP contribution in [0, 0.1) is 10.1 Å². The number of hydrogen-bond donors (Lipinski definition) is 2. The van der Waals surface area contributed by atoms with Crippen LogP contribution in [0.25, 0.3) is 0 Å². The molecule has 0 unspecified atom stereocenters. The van der Waals surface area contributed by atoms with Crippen LogP contribution in [0.1, 0.15) is 5.56 Å². The topological polar surface area (TPSA) is 122 Å². The summed E-state index contributed by atoms with van der Waals surface area (Å²) >= 11 is 0. The molecular formula is C11H9N3O5. The first kappa shape index (κ1) is 14.0. The Morgan fingerprint density at radius 1 is 1.37 bits per heavy atom. The van der Waals surface area contributed by atoms with E-state index in [9.17, 15) is 19.7 Å². The number of aliphatic carboxylic acids is 1. The molecule has 1 amide bonds. The van der Waals surface area contributed by atoms with Crippen LogP contribution < -0.4 is 5.43 Å². The second-order valence-corrected chi connectivity index (χ2v) is 3.26. The van der Waals surface area contributed by atoms with Gasteiger partial charge in [0, 0.05) is 29.8 Å². The van der Waals surface area contributed by atoms with Crippen molar-refractivity contribution in [3.8, 4) is 0 Å². The molecule has 1 rings (SSSR count). The van der Waals surface area contributed by atoms with Gasteiger partial charge in [0.15, 0.2) is 0 Å². The molecule has 0 radical (unpaired) electrons. The average Bonchev–Trinajstić information content (AvgIpc) is 2.36. The number of nitrogens with zero attached hydrogens (tertiary/aromatic N) is 2. The van der Waals surface area contributed by atoms with Crippen molar-refractivity contribution < 1.29 is 19.6 Å². The number of hydrogen-bond acceptors (Lipinski definition) is 5. The first-order valence-corrected chi connectivity index (χ1v) is 4.97. The van der Waals surface area contributed by atoms with Crippen LogP contribution in [-0.4, -0.2) is 28.1 Å². The molecule has 98 valence electrons. The monoisotopic (exact) mass is 263 g/mol. The minimum Gasteiger partial charge on any atom is -0.478 e. The normalized spacial score (nSPS) is 10.7. The Morgan fingerprint density at radius 3 is 2.74 bits per heavy atom. The number of carboxylic acid groups (broad SMARTS) is 1. The van der Waals surface area contributed by atoms with Crippen molar-refractivity contribution >= 4 is 23.8 Å². The van der Waals surface area contributed by atoms with Crippen molar-refractivity contribution in [1.29, 1.82) is 0 Å². The standard InChI is InChI=1S/C11H9N3O5/c15-10(4-5-11(16)17)13-12-7-8-2-1-3-9(6-8)14(18)19/h1-7H,(H,13,15)(H,16,17)/b5-4-,12-7+. The van der Waals surface area contributed by atoms with E-state index in [1.54, 1.807) is 6.07 Å². The molecule has 8 heteroatoms. The van der Waals surface area contributed by atoms with Gasteiger partial charge < -0.3 is 5.11 Å². The molecule has 19 heavy (non-hydrogen) atoms. The van der Waals surface area contributed by atoms with Gasteiger partial charge in [0.25, 0.3) is 11.6 Å².